The fourth-order valence-electron chi connectivity index (χ4n) is 4.36. The number of carbonyl (C=O) groups is 3. The molecule has 10 nitrogen and oxygen atoms in total. The minimum Gasteiger partial charge on any atom is -0.508 e. The first kappa shape index (κ1) is 28.0. The number of carbonyl (C=O) groups excluding carboxylic acids is 3. The van der Waals surface area contributed by atoms with Crippen LogP contribution in [0.2, 0.25) is 5.02 Å². The summed E-state index contributed by atoms with van der Waals surface area (Å²) < 4.78 is 5.48. The van der Waals surface area contributed by atoms with Crippen molar-refractivity contribution in [2.75, 3.05) is 13.1 Å². The number of rotatable bonds is 4. The summed E-state index contributed by atoms with van der Waals surface area (Å²) in [6.45, 7) is 7.62. The number of phenolic OH excluding ortho intramolecular Hbond substituents is 1. The monoisotopic (exact) mass is 554 g/mol. The van der Waals surface area contributed by atoms with E-state index < -0.39 is 34.5 Å². The number of aromatic hydroxyl groups is 1. The van der Waals surface area contributed by atoms with Crippen molar-refractivity contribution in [1.29, 1.82) is 0 Å². The number of pyridine rings is 1. The molecule has 3 N–H and O–H groups in total. The number of fused-ring (bicyclic) bond motifs is 1. The number of ether oxygens (including phenoxy) is 1. The maximum absolute atomic E-state index is 13.7. The molecule has 0 bridgehead atoms. The standard InChI is InChI=1S/C28H31ClN4O6/c1-16-13-17(7-10-21(16)34)15-33(27(38)39-28(2,3)4)31-25(36)22-23(26(37)32-11-5-6-12-32)30-20-14-18(29)8-9-19(20)24(22)35/h7-10,13-14,34H,5-6,11-12,15H2,1-4H3,(H,30,35)(H,31,36). The molecule has 1 fully saturated rings. The average molecular weight is 555 g/mol. The summed E-state index contributed by atoms with van der Waals surface area (Å²) in [6, 6.07) is 9.24. The molecule has 2 aromatic carbocycles. The maximum Gasteiger partial charge on any atom is 0.429 e. The molecule has 3 amide bonds. The molecular weight excluding hydrogens is 524 g/mol. The van der Waals surface area contributed by atoms with Gasteiger partial charge in [-0.25, -0.2) is 9.80 Å². The predicted molar refractivity (Wildman–Crippen MR) is 147 cm³/mol. The van der Waals surface area contributed by atoms with Gasteiger partial charge in [-0.1, -0.05) is 23.7 Å². The van der Waals surface area contributed by atoms with Crippen LogP contribution in [-0.4, -0.2) is 56.6 Å². The highest BCUT2D eigenvalue weighted by Gasteiger charge is 2.31. The third-order valence-corrected chi connectivity index (χ3v) is 6.48. The number of aromatic amines is 1. The highest BCUT2D eigenvalue weighted by Crippen LogP contribution is 2.21. The van der Waals surface area contributed by atoms with Gasteiger partial charge in [0.2, 0.25) is 5.43 Å². The Hall–Kier alpha value is -4.05. The van der Waals surface area contributed by atoms with E-state index in [0.717, 1.165) is 17.9 Å². The lowest BCUT2D eigenvalue weighted by atomic mass is 10.1. The molecule has 0 saturated carbocycles. The third kappa shape index (κ3) is 6.34. The second-order valence-electron chi connectivity index (χ2n) is 10.5. The molecule has 4 rings (SSSR count). The van der Waals surface area contributed by atoms with Crippen LogP contribution < -0.4 is 10.9 Å². The minimum absolute atomic E-state index is 0.0828. The van der Waals surface area contributed by atoms with Crippen LogP contribution in [0.15, 0.2) is 41.2 Å². The molecule has 0 aliphatic carbocycles. The molecule has 0 radical (unpaired) electrons. The van der Waals surface area contributed by atoms with Crippen LogP contribution in [0, 0.1) is 6.92 Å². The zero-order valence-corrected chi connectivity index (χ0v) is 23.0. The first-order chi connectivity index (χ1) is 18.3. The normalized spacial score (nSPS) is 13.4. The number of H-pyrrole nitrogens is 1. The van der Waals surface area contributed by atoms with E-state index >= 15 is 0 Å². The lowest BCUT2D eigenvalue weighted by Gasteiger charge is -2.28. The molecule has 1 aliphatic rings. The van der Waals surface area contributed by atoms with Crippen LogP contribution in [0.4, 0.5) is 4.79 Å². The van der Waals surface area contributed by atoms with E-state index in [4.69, 9.17) is 16.3 Å². The largest absolute Gasteiger partial charge is 0.508 e. The Balaban J connectivity index is 1.77. The summed E-state index contributed by atoms with van der Waals surface area (Å²) in [5.74, 6) is -1.36. The van der Waals surface area contributed by atoms with E-state index in [1.807, 2.05) is 0 Å². The number of halogens is 1. The lowest BCUT2D eigenvalue weighted by molar-refractivity contribution is 0.0112. The molecule has 1 aromatic heterocycles. The number of hydrogen-bond acceptors (Lipinski definition) is 6. The van der Waals surface area contributed by atoms with E-state index in [1.165, 1.54) is 24.3 Å². The fourth-order valence-corrected chi connectivity index (χ4v) is 4.53. The number of phenols is 1. The second-order valence-corrected chi connectivity index (χ2v) is 11.0. The van der Waals surface area contributed by atoms with Gasteiger partial charge in [0.15, 0.2) is 0 Å². The summed E-state index contributed by atoms with van der Waals surface area (Å²) in [7, 11) is 0. The highest BCUT2D eigenvalue weighted by molar-refractivity contribution is 6.31. The third-order valence-electron chi connectivity index (χ3n) is 6.25. The number of hydrogen-bond donors (Lipinski definition) is 3. The van der Waals surface area contributed by atoms with Gasteiger partial charge in [0.05, 0.1) is 12.1 Å². The number of likely N-dealkylation sites (tertiary alicyclic amines) is 1. The van der Waals surface area contributed by atoms with Crippen molar-refractivity contribution in [3.8, 4) is 5.75 Å². The number of nitrogens with one attached hydrogen (secondary N) is 2. The highest BCUT2D eigenvalue weighted by atomic mass is 35.5. The van der Waals surface area contributed by atoms with Gasteiger partial charge in [-0.3, -0.25) is 19.8 Å². The number of amides is 3. The van der Waals surface area contributed by atoms with Gasteiger partial charge in [-0.2, -0.15) is 0 Å². The first-order valence-corrected chi connectivity index (χ1v) is 13.0. The van der Waals surface area contributed by atoms with Crippen LogP contribution in [0.1, 0.15) is 65.6 Å². The quantitative estimate of drug-likeness (QED) is 0.406. The van der Waals surface area contributed by atoms with Crippen molar-refractivity contribution >= 4 is 40.4 Å². The van der Waals surface area contributed by atoms with Crippen molar-refractivity contribution < 1.29 is 24.2 Å². The Morgan fingerprint density at radius 1 is 1.13 bits per heavy atom. The van der Waals surface area contributed by atoms with E-state index in [0.29, 0.717) is 34.8 Å². The van der Waals surface area contributed by atoms with Crippen molar-refractivity contribution in [3.05, 3.63) is 74.0 Å². The Morgan fingerprint density at radius 2 is 1.82 bits per heavy atom. The summed E-state index contributed by atoms with van der Waals surface area (Å²) in [5.41, 5.74) is 1.81. The van der Waals surface area contributed by atoms with E-state index in [1.54, 1.807) is 44.7 Å². The van der Waals surface area contributed by atoms with Gasteiger partial charge >= 0.3 is 6.09 Å². The molecule has 11 heteroatoms. The summed E-state index contributed by atoms with van der Waals surface area (Å²) in [6.07, 6.45) is 0.767. The molecule has 1 aliphatic heterocycles. The van der Waals surface area contributed by atoms with Gasteiger partial charge < -0.3 is 19.7 Å². The summed E-state index contributed by atoms with van der Waals surface area (Å²) >= 11 is 6.12. The van der Waals surface area contributed by atoms with Crippen LogP contribution in [0.3, 0.4) is 0 Å². The van der Waals surface area contributed by atoms with E-state index in [9.17, 15) is 24.3 Å². The van der Waals surface area contributed by atoms with Gasteiger partial charge in [0, 0.05) is 23.5 Å². The Kier molecular flexibility index (Phi) is 7.87. The zero-order valence-electron chi connectivity index (χ0n) is 22.3. The van der Waals surface area contributed by atoms with E-state index in [2.05, 4.69) is 10.4 Å². The average Bonchev–Trinajstić information content (AvgIpc) is 3.39. The van der Waals surface area contributed by atoms with Crippen molar-refractivity contribution in [2.24, 2.45) is 0 Å². The number of nitrogens with zero attached hydrogens (tertiary/aromatic N) is 2. The SMILES string of the molecule is Cc1cc(CN(NC(=O)c2c(C(=O)N3CCCC3)[nH]c3cc(Cl)ccc3c2=O)C(=O)OC(C)(C)C)ccc1O. The molecule has 0 atom stereocenters. The van der Waals surface area contributed by atoms with Gasteiger partial charge in [0.25, 0.3) is 11.8 Å². The Morgan fingerprint density at radius 3 is 2.46 bits per heavy atom. The van der Waals surface area contributed by atoms with Crippen LogP contribution in [-0.2, 0) is 11.3 Å². The molecule has 0 spiro atoms. The molecule has 3 aromatic rings. The van der Waals surface area contributed by atoms with E-state index in [-0.39, 0.29) is 23.4 Å². The van der Waals surface area contributed by atoms with Crippen molar-refractivity contribution in [2.45, 2.75) is 52.7 Å². The van der Waals surface area contributed by atoms with Crippen molar-refractivity contribution in [3.63, 3.8) is 0 Å². The molecule has 39 heavy (non-hydrogen) atoms. The molecule has 2 heterocycles. The number of aromatic nitrogens is 1. The van der Waals surface area contributed by atoms with Crippen LogP contribution in [0.5, 0.6) is 5.75 Å². The lowest BCUT2D eigenvalue weighted by Crippen LogP contribution is -2.49. The van der Waals surface area contributed by atoms with Gasteiger partial charge in [-0.05, 0) is 75.9 Å². The van der Waals surface area contributed by atoms with Crippen LogP contribution in [0.25, 0.3) is 10.9 Å². The summed E-state index contributed by atoms with van der Waals surface area (Å²) in [5, 5.41) is 11.3. The number of aryl methyl sites for hydroxylation is 1. The smallest absolute Gasteiger partial charge is 0.429 e. The summed E-state index contributed by atoms with van der Waals surface area (Å²) in [4.78, 5) is 58.3. The Bertz CT molecular complexity index is 1500. The molecule has 206 valence electrons. The van der Waals surface area contributed by atoms with Gasteiger partial charge in [-0.15, -0.1) is 0 Å². The molecular formula is C28H31ClN4O6. The minimum atomic E-state index is -0.947. The number of benzene rings is 2. The Labute approximate surface area is 230 Å². The van der Waals surface area contributed by atoms with Crippen LogP contribution >= 0.6 is 11.6 Å². The first-order valence-electron chi connectivity index (χ1n) is 12.6. The van der Waals surface area contributed by atoms with Gasteiger partial charge in [0.1, 0.15) is 22.6 Å². The topological polar surface area (TPSA) is 132 Å². The maximum atomic E-state index is 13.7. The molecule has 1 saturated heterocycles. The zero-order chi connectivity index (χ0) is 28.5. The number of hydrazine groups is 1. The van der Waals surface area contributed by atoms with Crippen molar-refractivity contribution in [1.82, 2.24) is 20.3 Å². The second kappa shape index (κ2) is 11.0. The molecule has 0 unspecified atom stereocenters. The fraction of sp³-hybridized carbons (Fsp3) is 0.357. The predicted octanol–water partition coefficient (Wildman–Crippen LogP) is 4.51.